The van der Waals surface area contributed by atoms with Crippen molar-refractivity contribution in [2.75, 3.05) is 38.1 Å². The lowest BCUT2D eigenvalue weighted by Gasteiger charge is -2.37. The molecule has 0 spiro atoms. The minimum atomic E-state index is -4.44. The van der Waals surface area contributed by atoms with Gasteiger partial charge in [0.05, 0.1) is 11.0 Å². The highest BCUT2D eigenvalue weighted by molar-refractivity contribution is 5.83. The first-order valence-electron chi connectivity index (χ1n) is 13.6. The molecular formula is C30H37F3N4O. The number of benzene rings is 1. The number of pyridine rings is 1. The second-order valence-corrected chi connectivity index (χ2v) is 11.7. The number of alkyl halides is 3. The van der Waals surface area contributed by atoms with E-state index in [1.165, 1.54) is 22.9 Å². The number of hydrogen-bond donors (Lipinski definition) is 0. The van der Waals surface area contributed by atoms with Crippen molar-refractivity contribution in [1.29, 1.82) is 0 Å². The first-order valence-corrected chi connectivity index (χ1v) is 13.6. The van der Waals surface area contributed by atoms with Crippen molar-refractivity contribution in [3.63, 3.8) is 0 Å². The van der Waals surface area contributed by atoms with E-state index in [-0.39, 0.29) is 12.5 Å². The molecule has 0 saturated carbocycles. The molecular weight excluding hydrogens is 489 g/mol. The van der Waals surface area contributed by atoms with E-state index < -0.39 is 17.2 Å². The number of likely N-dealkylation sites (N-methyl/N-ethyl adjacent to an activating group) is 1. The smallest absolute Gasteiger partial charge is 0.370 e. The number of likely N-dealkylation sites (tertiary alicyclic amines) is 1. The van der Waals surface area contributed by atoms with Crippen LogP contribution < -0.4 is 4.90 Å². The number of aromatic nitrogens is 1. The first kappa shape index (κ1) is 26.7. The van der Waals surface area contributed by atoms with Gasteiger partial charge in [-0.1, -0.05) is 32.1 Å². The second kappa shape index (κ2) is 10.4. The Morgan fingerprint density at radius 1 is 1.18 bits per heavy atom. The van der Waals surface area contributed by atoms with Gasteiger partial charge in [0.25, 0.3) is 0 Å². The fraction of sp³-hybridized carbons (Fsp3) is 0.533. The third kappa shape index (κ3) is 5.46. The topological polar surface area (TPSA) is 39.7 Å². The summed E-state index contributed by atoms with van der Waals surface area (Å²) in [5.41, 5.74) is 3.60. The second-order valence-electron chi connectivity index (χ2n) is 11.7. The molecule has 2 aromatic rings. The molecule has 204 valence electrons. The van der Waals surface area contributed by atoms with Gasteiger partial charge in [-0.15, -0.1) is 0 Å². The Balaban J connectivity index is 1.33. The number of hydrogen-bond acceptors (Lipinski definition) is 4. The molecule has 1 fully saturated rings. The molecule has 1 aromatic heterocycles. The van der Waals surface area contributed by atoms with Crippen LogP contribution in [0, 0.1) is 11.3 Å². The van der Waals surface area contributed by atoms with Crippen molar-refractivity contribution in [1.82, 2.24) is 14.8 Å². The minimum absolute atomic E-state index is 0.0821. The van der Waals surface area contributed by atoms with Crippen LogP contribution in [0.1, 0.15) is 61.1 Å². The summed E-state index contributed by atoms with van der Waals surface area (Å²) >= 11 is 0. The summed E-state index contributed by atoms with van der Waals surface area (Å²) < 4.78 is 39.9. The quantitative estimate of drug-likeness (QED) is 0.479. The zero-order valence-electron chi connectivity index (χ0n) is 22.5. The molecule has 0 N–H and O–H groups in total. The number of carbonyl (C=O) groups is 1. The van der Waals surface area contributed by atoms with Gasteiger partial charge in [0.15, 0.2) is 0 Å². The minimum Gasteiger partial charge on any atom is -0.370 e. The number of fused-ring (bicyclic) bond motifs is 2. The molecule has 8 heteroatoms. The third-order valence-electron chi connectivity index (χ3n) is 8.33. The highest BCUT2D eigenvalue weighted by Crippen LogP contribution is 2.40. The molecule has 38 heavy (non-hydrogen) atoms. The summed E-state index contributed by atoms with van der Waals surface area (Å²) in [6, 6.07) is 7.77. The van der Waals surface area contributed by atoms with Crippen molar-refractivity contribution in [2.24, 2.45) is 11.3 Å². The van der Waals surface area contributed by atoms with Gasteiger partial charge in [0.1, 0.15) is 0 Å². The van der Waals surface area contributed by atoms with Crippen LogP contribution in [0.25, 0.3) is 6.08 Å². The van der Waals surface area contributed by atoms with Crippen LogP contribution in [-0.4, -0.2) is 53.9 Å². The Morgan fingerprint density at radius 2 is 2.00 bits per heavy atom. The van der Waals surface area contributed by atoms with Gasteiger partial charge in [-0.05, 0) is 66.6 Å². The Labute approximate surface area is 223 Å². The summed E-state index contributed by atoms with van der Waals surface area (Å²) in [5.74, 6) is 0.553. The molecule has 4 heterocycles. The monoisotopic (exact) mass is 526 g/mol. The van der Waals surface area contributed by atoms with Crippen molar-refractivity contribution in [3.05, 3.63) is 64.5 Å². The summed E-state index contributed by atoms with van der Waals surface area (Å²) in [4.78, 5) is 24.6. The largest absolute Gasteiger partial charge is 0.417 e. The predicted octanol–water partition coefficient (Wildman–Crippen LogP) is 5.78. The van der Waals surface area contributed by atoms with E-state index in [1.54, 1.807) is 4.90 Å². The lowest BCUT2D eigenvalue weighted by Crippen LogP contribution is -2.47. The maximum atomic E-state index is 14.1. The normalized spacial score (nSPS) is 21.7. The lowest BCUT2D eigenvalue weighted by molar-refractivity contribution is -0.143. The average molecular weight is 527 g/mol. The molecule has 1 aromatic carbocycles. The van der Waals surface area contributed by atoms with Crippen LogP contribution in [0.5, 0.6) is 0 Å². The fourth-order valence-corrected chi connectivity index (χ4v) is 6.11. The molecule has 1 saturated heterocycles. The maximum Gasteiger partial charge on any atom is 0.417 e. The maximum absolute atomic E-state index is 14.1. The van der Waals surface area contributed by atoms with Gasteiger partial charge in [0.2, 0.25) is 5.91 Å². The molecule has 5 nitrogen and oxygen atoms in total. The van der Waals surface area contributed by atoms with Gasteiger partial charge < -0.3 is 9.80 Å². The molecule has 1 amide bonds. The van der Waals surface area contributed by atoms with Crippen LogP contribution in [0.2, 0.25) is 0 Å². The molecule has 5 rings (SSSR count). The molecule has 1 atom stereocenters. The van der Waals surface area contributed by atoms with Crippen LogP contribution in [0.4, 0.5) is 18.9 Å². The Morgan fingerprint density at radius 3 is 2.76 bits per heavy atom. The molecule has 3 aliphatic rings. The van der Waals surface area contributed by atoms with Gasteiger partial charge in [-0.2, -0.15) is 13.2 Å². The van der Waals surface area contributed by atoms with Crippen molar-refractivity contribution in [2.45, 2.75) is 58.8 Å². The summed E-state index contributed by atoms with van der Waals surface area (Å²) in [5, 5.41) is 0. The number of halogens is 3. The highest BCUT2D eigenvalue weighted by Gasteiger charge is 2.46. The van der Waals surface area contributed by atoms with Crippen molar-refractivity contribution >= 4 is 17.7 Å². The Bertz CT molecular complexity index is 1220. The van der Waals surface area contributed by atoms with E-state index in [2.05, 4.69) is 66.0 Å². The number of rotatable bonds is 6. The van der Waals surface area contributed by atoms with Crippen LogP contribution >= 0.6 is 0 Å². The zero-order chi connectivity index (χ0) is 27.1. The van der Waals surface area contributed by atoms with E-state index in [1.807, 2.05) is 0 Å². The number of anilines is 1. The summed E-state index contributed by atoms with van der Waals surface area (Å²) in [6.07, 6.45) is 3.80. The third-order valence-corrected chi connectivity index (χ3v) is 8.33. The number of nitrogens with zero attached hydrogens (tertiary/aromatic N) is 4. The average Bonchev–Trinajstić information content (AvgIpc) is 3.30. The van der Waals surface area contributed by atoms with Crippen LogP contribution in [0.3, 0.4) is 0 Å². The molecule has 1 unspecified atom stereocenters. The Hall–Kier alpha value is -2.87. The number of amides is 1. The van der Waals surface area contributed by atoms with E-state index in [9.17, 15) is 18.0 Å². The SMILES string of the molecule is CC(C)CCC1(C(=O)N2CCc3ncc(C(F)(F)F)cc3C2)CCN(Cc2ccc3c(c2)C=CCN3C)C1. The molecule has 0 bridgehead atoms. The van der Waals surface area contributed by atoms with Crippen LogP contribution in [0.15, 0.2) is 36.5 Å². The van der Waals surface area contributed by atoms with Gasteiger partial charge >= 0.3 is 6.18 Å². The fourth-order valence-electron chi connectivity index (χ4n) is 6.11. The first-order chi connectivity index (χ1) is 18.0. The predicted molar refractivity (Wildman–Crippen MR) is 144 cm³/mol. The molecule has 0 aliphatic carbocycles. The van der Waals surface area contributed by atoms with E-state index in [0.29, 0.717) is 36.7 Å². The summed E-state index contributed by atoms with van der Waals surface area (Å²) in [7, 11) is 2.09. The standard InChI is InChI=1S/C30H37F3N4O/c1-21(2)8-10-29(28(38)37-13-9-26-24(19-37)16-25(17-34-26)30(31,32)33)11-14-36(20-29)18-22-6-7-27-23(15-22)5-4-12-35(27)3/h4-7,15-17,21H,8-14,18-20H2,1-3H3. The van der Waals surface area contributed by atoms with Gasteiger partial charge in [-0.25, -0.2) is 0 Å². The highest BCUT2D eigenvalue weighted by atomic mass is 19.4. The van der Waals surface area contributed by atoms with E-state index in [0.717, 1.165) is 45.1 Å². The lowest BCUT2D eigenvalue weighted by atomic mass is 9.78. The zero-order valence-corrected chi connectivity index (χ0v) is 22.5. The Kier molecular flexibility index (Phi) is 7.29. The van der Waals surface area contributed by atoms with E-state index >= 15 is 0 Å². The van der Waals surface area contributed by atoms with E-state index in [4.69, 9.17) is 0 Å². The van der Waals surface area contributed by atoms with Crippen LogP contribution in [-0.2, 0) is 30.5 Å². The van der Waals surface area contributed by atoms with Crippen molar-refractivity contribution < 1.29 is 18.0 Å². The van der Waals surface area contributed by atoms with Crippen molar-refractivity contribution in [3.8, 4) is 0 Å². The number of carbonyl (C=O) groups excluding carboxylic acids is 1. The summed E-state index contributed by atoms with van der Waals surface area (Å²) in [6.45, 7) is 8.23. The van der Waals surface area contributed by atoms with Gasteiger partial charge in [-0.3, -0.25) is 14.7 Å². The van der Waals surface area contributed by atoms with Gasteiger partial charge in [0, 0.05) is 63.8 Å². The molecule has 0 radical (unpaired) electrons. The molecule has 3 aliphatic heterocycles.